The van der Waals surface area contributed by atoms with Gasteiger partial charge in [0.15, 0.2) is 0 Å². The minimum absolute atomic E-state index is 0.255. The van der Waals surface area contributed by atoms with Gasteiger partial charge in [0.05, 0.1) is 15.7 Å². The summed E-state index contributed by atoms with van der Waals surface area (Å²) in [5.41, 5.74) is 1.18. The van der Waals surface area contributed by atoms with E-state index in [1.807, 2.05) is 61.5 Å². The second kappa shape index (κ2) is 6.34. The van der Waals surface area contributed by atoms with E-state index in [0.29, 0.717) is 4.91 Å². The van der Waals surface area contributed by atoms with Crippen LogP contribution in [-0.4, -0.2) is 10.8 Å². The van der Waals surface area contributed by atoms with Gasteiger partial charge in [0, 0.05) is 4.90 Å². The van der Waals surface area contributed by atoms with Crippen LogP contribution in [0.5, 0.6) is 5.75 Å². The zero-order valence-corrected chi connectivity index (χ0v) is 11.7. The number of rotatable bonds is 5. The fourth-order valence-corrected chi connectivity index (χ4v) is 2.47. The summed E-state index contributed by atoms with van der Waals surface area (Å²) in [5, 5.41) is 0. The second-order valence-electron chi connectivity index (χ2n) is 4.22. The van der Waals surface area contributed by atoms with Gasteiger partial charge in [-0.2, -0.15) is 0 Å². The summed E-state index contributed by atoms with van der Waals surface area (Å²) < 4.78 is 17.7. The van der Waals surface area contributed by atoms with Crippen LogP contribution in [0, 0.1) is 6.92 Å². The molecule has 98 valence electrons. The van der Waals surface area contributed by atoms with E-state index in [9.17, 15) is 4.21 Å². The molecule has 0 radical (unpaired) electrons. The number of ether oxygens (including phenoxy) is 1. The summed E-state index contributed by atoms with van der Waals surface area (Å²) in [6, 6.07) is 17.0. The molecular weight excluding hydrogens is 256 g/mol. The van der Waals surface area contributed by atoms with Gasteiger partial charge in [-0.05, 0) is 31.2 Å². The third-order valence-electron chi connectivity index (χ3n) is 2.64. The number of aryl methyl sites for hydroxylation is 1. The van der Waals surface area contributed by atoms with E-state index in [2.05, 4.69) is 6.58 Å². The lowest BCUT2D eigenvalue weighted by Gasteiger charge is -2.08. The monoisotopic (exact) mass is 272 g/mol. The highest BCUT2D eigenvalue weighted by Gasteiger charge is 2.08. The van der Waals surface area contributed by atoms with Gasteiger partial charge in [0.25, 0.3) is 0 Å². The molecular formula is C16H16O2S. The molecule has 2 rings (SSSR count). The quantitative estimate of drug-likeness (QED) is 0.829. The summed E-state index contributed by atoms with van der Waals surface area (Å²) in [4.78, 5) is 1.31. The fraction of sp³-hybridized carbons (Fsp3) is 0.125. The molecule has 0 aromatic heterocycles. The molecule has 3 heteroatoms. The average molecular weight is 272 g/mol. The van der Waals surface area contributed by atoms with Crippen LogP contribution in [0.4, 0.5) is 0 Å². The Bertz CT molecular complexity index is 573. The maximum absolute atomic E-state index is 12.2. The Morgan fingerprint density at radius 2 is 1.74 bits per heavy atom. The lowest BCUT2D eigenvalue weighted by molar-refractivity contribution is 0.359. The fourth-order valence-electron chi connectivity index (χ4n) is 1.56. The maximum Gasteiger partial charge on any atom is 0.121 e. The Morgan fingerprint density at radius 1 is 1.11 bits per heavy atom. The Morgan fingerprint density at radius 3 is 2.37 bits per heavy atom. The summed E-state index contributed by atoms with van der Waals surface area (Å²) >= 11 is 0. The van der Waals surface area contributed by atoms with Crippen LogP contribution in [-0.2, 0) is 10.8 Å². The number of hydrogen-bond donors (Lipinski definition) is 0. The minimum atomic E-state index is -1.23. The molecule has 0 aliphatic rings. The predicted octanol–water partition coefficient (Wildman–Crippen LogP) is 3.70. The molecule has 0 N–H and O–H groups in total. The maximum atomic E-state index is 12.2. The van der Waals surface area contributed by atoms with E-state index in [1.165, 1.54) is 5.56 Å². The SMILES string of the molecule is C=C(COc1ccc(C)cc1)S(=O)c1ccccc1. The lowest BCUT2D eigenvalue weighted by atomic mass is 10.2. The van der Waals surface area contributed by atoms with E-state index in [1.54, 1.807) is 0 Å². The number of benzene rings is 2. The topological polar surface area (TPSA) is 26.3 Å². The van der Waals surface area contributed by atoms with Gasteiger partial charge in [0.1, 0.15) is 12.4 Å². The molecule has 0 spiro atoms. The highest BCUT2D eigenvalue weighted by atomic mass is 32.2. The molecule has 0 fully saturated rings. The van der Waals surface area contributed by atoms with Crippen LogP contribution in [0.3, 0.4) is 0 Å². The Labute approximate surface area is 116 Å². The molecule has 2 nitrogen and oxygen atoms in total. The molecule has 0 aliphatic carbocycles. The molecule has 0 saturated carbocycles. The van der Waals surface area contributed by atoms with Crippen molar-refractivity contribution in [3.8, 4) is 5.75 Å². The third kappa shape index (κ3) is 3.80. The lowest BCUT2D eigenvalue weighted by Crippen LogP contribution is -2.05. The molecule has 2 aromatic rings. The minimum Gasteiger partial charge on any atom is -0.488 e. The smallest absolute Gasteiger partial charge is 0.121 e. The van der Waals surface area contributed by atoms with Gasteiger partial charge in [-0.25, -0.2) is 4.21 Å². The molecule has 0 bridgehead atoms. The zero-order chi connectivity index (χ0) is 13.7. The van der Waals surface area contributed by atoms with Crippen molar-refractivity contribution in [3.63, 3.8) is 0 Å². The first-order valence-electron chi connectivity index (χ1n) is 6.01. The normalized spacial score (nSPS) is 11.8. The molecule has 19 heavy (non-hydrogen) atoms. The van der Waals surface area contributed by atoms with Gasteiger partial charge in [-0.3, -0.25) is 0 Å². The van der Waals surface area contributed by atoms with E-state index < -0.39 is 10.8 Å². The van der Waals surface area contributed by atoms with Gasteiger partial charge in [-0.1, -0.05) is 42.5 Å². The van der Waals surface area contributed by atoms with Gasteiger partial charge in [-0.15, -0.1) is 0 Å². The van der Waals surface area contributed by atoms with Gasteiger partial charge >= 0.3 is 0 Å². The van der Waals surface area contributed by atoms with Crippen molar-refractivity contribution in [2.75, 3.05) is 6.61 Å². The molecule has 0 heterocycles. The van der Waals surface area contributed by atoms with Crippen molar-refractivity contribution in [3.05, 3.63) is 71.6 Å². The predicted molar refractivity (Wildman–Crippen MR) is 78.7 cm³/mol. The van der Waals surface area contributed by atoms with E-state index in [0.717, 1.165) is 10.6 Å². The molecule has 1 atom stereocenters. The standard InChI is InChI=1S/C16H16O2S/c1-13-8-10-15(11-9-13)18-12-14(2)19(17)16-6-4-3-5-7-16/h3-11H,2,12H2,1H3. The molecule has 2 aromatic carbocycles. The Hall–Kier alpha value is -1.87. The van der Waals surface area contributed by atoms with Crippen LogP contribution in [0.25, 0.3) is 0 Å². The van der Waals surface area contributed by atoms with Crippen LogP contribution in [0.15, 0.2) is 71.0 Å². The Kier molecular flexibility index (Phi) is 4.53. The first-order chi connectivity index (χ1) is 9.16. The van der Waals surface area contributed by atoms with Crippen LogP contribution in [0.2, 0.25) is 0 Å². The van der Waals surface area contributed by atoms with Gasteiger partial charge in [0.2, 0.25) is 0 Å². The third-order valence-corrected chi connectivity index (χ3v) is 3.98. The average Bonchev–Trinajstić information content (AvgIpc) is 2.46. The summed E-state index contributed by atoms with van der Waals surface area (Å²) in [6.07, 6.45) is 0. The van der Waals surface area contributed by atoms with E-state index >= 15 is 0 Å². The van der Waals surface area contributed by atoms with Crippen LogP contribution < -0.4 is 4.74 Å². The largest absolute Gasteiger partial charge is 0.488 e. The highest BCUT2D eigenvalue weighted by Crippen LogP contribution is 2.16. The summed E-state index contributed by atoms with van der Waals surface area (Å²) in [5.74, 6) is 0.761. The van der Waals surface area contributed by atoms with Crippen molar-refractivity contribution < 1.29 is 8.95 Å². The Balaban J connectivity index is 1.95. The zero-order valence-electron chi connectivity index (χ0n) is 10.8. The number of hydrogen-bond acceptors (Lipinski definition) is 2. The van der Waals surface area contributed by atoms with Crippen LogP contribution in [0.1, 0.15) is 5.56 Å². The highest BCUT2D eigenvalue weighted by molar-refractivity contribution is 7.89. The first-order valence-corrected chi connectivity index (χ1v) is 7.16. The van der Waals surface area contributed by atoms with Crippen molar-refractivity contribution in [2.45, 2.75) is 11.8 Å². The van der Waals surface area contributed by atoms with E-state index in [4.69, 9.17) is 4.74 Å². The van der Waals surface area contributed by atoms with Crippen molar-refractivity contribution >= 4 is 10.8 Å². The molecule has 0 amide bonds. The van der Waals surface area contributed by atoms with Crippen molar-refractivity contribution in [1.82, 2.24) is 0 Å². The van der Waals surface area contributed by atoms with Gasteiger partial charge < -0.3 is 4.74 Å². The van der Waals surface area contributed by atoms with Crippen molar-refractivity contribution in [1.29, 1.82) is 0 Å². The van der Waals surface area contributed by atoms with Crippen LogP contribution >= 0.6 is 0 Å². The molecule has 1 unspecified atom stereocenters. The second-order valence-corrected chi connectivity index (χ2v) is 5.81. The molecule has 0 aliphatic heterocycles. The summed E-state index contributed by atoms with van der Waals surface area (Å²) in [6.45, 7) is 6.11. The molecule has 0 saturated heterocycles. The first kappa shape index (κ1) is 13.6. The van der Waals surface area contributed by atoms with E-state index in [-0.39, 0.29) is 6.61 Å². The summed E-state index contributed by atoms with van der Waals surface area (Å²) in [7, 11) is -1.23. The van der Waals surface area contributed by atoms with Crippen molar-refractivity contribution in [2.24, 2.45) is 0 Å².